The van der Waals surface area contributed by atoms with Crippen LogP contribution < -0.4 is 5.32 Å². The third kappa shape index (κ3) is 3.10. The lowest BCUT2D eigenvalue weighted by Crippen LogP contribution is -2.39. The van der Waals surface area contributed by atoms with Crippen molar-refractivity contribution < 1.29 is 19.4 Å². The molecule has 2 fully saturated rings. The number of carbonyl (C=O) groups excluding carboxylic acids is 1. The van der Waals surface area contributed by atoms with Crippen molar-refractivity contribution in [2.24, 2.45) is 0 Å². The first kappa shape index (κ1) is 15.3. The summed E-state index contributed by atoms with van der Waals surface area (Å²) in [5.41, 5.74) is 1.17. The monoisotopic (exact) mass is 323 g/mol. The van der Waals surface area contributed by atoms with Gasteiger partial charge in [0.05, 0.1) is 0 Å². The van der Waals surface area contributed by atoms with Gasteiger partial charge in [-0.1, -0.05) is 23.7 Å². The van der Waals surface area contributed by atoms with Crippen LogP contribution >= 0.6 is 11.6 Å². The fourth-order valence-corrected chi connectivity index (χ4v) is 3.03. The molecule has 1 saturated heterocycles. The molecule has 6 heteroatoms. The number of carboxylic acids is 1. The molecule has 2 N–H and O–H groups in total. The molecule has 1 amide bonds. The standard InChI is InChI=1S/C16H18ClNO4/c17-11-3-1-10(2-4-11)16(7-8-16)9-18-14(19)12-5-6-13(22-12)15(20)21/h1-4,12-13H,5-9H2,(H,18,19)(H,20,21)/t12-,13+/m0/s1. The van der Waals surface area contributed by atoms with E-state index in [2.05, 4.69) is 5.32 Å². The molecule has 0 unspecified atom stereocenters. The summed E-state index contributed by atoms with van der Waals surface area (Å²) >= 11 is 5.90. The van der Waals surface area contributed by atoms with Gasteiger partial charge in [0.2, 0.25) is 5.91 Å². The zero-order valence-corrected chi connectivity index (χ0v) is 12.8. The Balaban J connectivity index is 1.55. The van der Waals surface area contributed by atoms with E-state index in [9.17, 15) is 9.59 Å². The molecule has 22 heavy (non-hydrogen) atoms. The van der Waals surface area contributed by atoms with Crippen molar-refractivity contribution >= 4 is 23.5 Å². The van der Waals surface area contributed by atoms with Crippen molar-refractivity contribution in [1.82, 2.24) is 5.32 Å². The third-order valence-electron chi connectivity index (χ3n) is 4.50. The molecular weight excluding hydrogens is 306 g/mol. The highest BCUT2D eigenvalue weighted by Crippen LogP contribution is 2.47. The van der Waals surface area contributed by atoms with Gasteiger partial charge < -0.3 is 15.2 Å². The van der Waals surface area contributed by atoms with E-state index in [1.165, 1.54) is 5.56 Å². The molecular formula is C16H18ClNO4. The summed E-state index contributed by atoms with van der Waals surface area (Å²) in [5, 5.41) is 12.5. The molecule has 3 rings (SSSR count). The van der Waals surface area contributed by atoms with Crippen LogP contribution in [0, 0.1) is 0 Å². The Morgan fingerprint density at radius 3 is 2.41 bits per heavy atom. The predicted molar refractivity (Wildman–Crippen MR) is 80.9 cm³/mol. The van der Waals surface area contributed by atoms with Crippen LogP contribution in [-0.2, 0) is 19.7 Å². The molecule has 5 nitrogen and oxygen atoms in total. The van der Waals surface area contributed by atoms with Crippen molar-refractivity contribution in [2.45, 2.75) is 43.3 Å². The smallest absolute Gasteiger partial charge is 0.332 e. The van der Waals surface area contributed by atoms with E-state index in [1.807, 2.05) is 24.3 Å². The molecule has 0 aromatic heterocycles. The summed E-state index contributed by atoms with van der Waals surface area (Å²) in [6, 6.07) is 7.70. The molecule has 1 aromatic carbocycles. The van der Waals surface area contributed by atoms with E-state index in [1.54, 1.807) is 0 Å². The number of benzene rings is 1. The van der Waals surface area contributed by atoms with Gasteiger partial charge in [-0.15, -0.1) is 0 Å². The van der Waals surface area contributed by atoms with Crippen LogP contribution in [0.3, 0.4) is 0 Å². The second kappa shape index (κ2) is 5.89. The largest absolute Gasteiger partial charge is 0.479 e. The summed E-state index contributed by atoms with van der Waals surface area (Å²) in [6.45, 7) is 0.547. The van der Waals surface area contributed by atoms with Crippen molar-refractivity contribution in [1.29, 1.82) is 0 Å². The van der Waals surface area contributed by atoms with Crippen LogP contribution in [0.15, 0.2) is 24.3 Å². The highest BCUT2D eigenvalue weighted by molar-refractivity contribution is 6.30. The van der Waals surface area contributed by atoms with E-state index < -0.39 is 18.2 Å². The average Bonchev–Trinajstić information content (AvgIpc) is 3.11. The zero-order chi connectivity index (χ0) is 15.7. The number of nitrogens with one attached hydrogen (secondary N) is 1. The minimum Gasteiger partial charge on any atom is -0.479 e. The van der Waals surface area contributed by atoms with Gasteiger partial charge in [-0.3, -0.25) is 4.79 Å². The lowest BCUT2D eigenvalue weighted by atomic mass is 9.96. The Morgan fingerprint density at radius 1 is 1.23 bits per heavy atom. The molecule has 0 radical (unpaired) electrons. The summed E-state index contributed by atoms with van der Waals surface area (Å²) in [4.78, 5) is 23.0. The summed E-state index contributed by atoms with van der Waals surface area (Å²) in [7, 11) is 0. The van der Waals surface area contributed by atoms with Crippen LogP contribution in [-0.4, -0.2) is 35.7 Å². The van der Waals surface area contributed by atoms with Crippen LogP contribution in [0.4, 0.5) is 0 Å². The first-order valence-corrected chi connectivity index (χ1v) is 7.80. The zero-order valence-electron chi connectivity index (χ0n) is 12.0. The van der Waals surface area contributed by atoms with E-state index in [0.717, 1.165) is 12.8 Å². The Labute approximate surface area is 133 Å². The number of hydrogen-bond donors (Lipinski definition) is 2. The van der Waals surface area contributed by atoms with Crippen LogP contribution in [0.25, 0.3) is 0 Å². The van der Waals surface area contributed by atoms with E-state index >= 15 is 0 Å². The highest BCUT2D eigenvalue weighted by Gasteiger charge is 2.45. The van der Waals surface area contributed by atoms with Gasteiger partial charge >= 0.3 is 5.97 Å². The van der Waals surface area contributed by atoms with Crippen LogP contribution in [0.1, 0.15) is 31.2 Å². The maximum Gasteiger partial charge on any atom is 0.332 e. The molecule has 1 saturated carbocycles. The van der Waals surface area contributed by atoms with Crippen molar-refractivity contribution in [3.05, 3.63) is 34.9 Å². The van der Waals surface area contributed by atoms with Gasteiger partial charge in [0.25, 0.3) is 0 Å². The van der Waals surface area contributed by atoms with Gasteiger partial charge in [0.15, 0.2) is 6.10 Å². The normalized spacial score (nSPS) is 25.7. The molecule has 0 spiro atoms. The van der Waals surface area contributed by atoms with Crippen molar-refractivity contribution in [3.8, 4) is 0 Å². The number of carbonyl (C=O) groups is 2. The molecule has 118 valence electrons. The van der Waals surface area contributed by atoms with Gasteiger partial charge in [0, 0.05) is 17.0 Å². The number of amides is 1. The van der Waals surface area contributed by atoms with Gasteiger partial charge in [-0.25, -0.2) is 4.79 Å². The van der Waals surface area contributed by atoms with Crippen LogP contribution in [0.5, 0.6) is 0 Å². The number of halogens is 1. The summed E-state index contributed by atoms with van der Waals surface area (Å²) in [6.07, 6.45) is 1.38. The Kier molecular flexibility index (Phi) is 4.10. The lowest BCUT2D eigenvalue weighted by Gasteiger charge is -2.18. The molecule has 1 aliphatic heterocycles. The fraction of sp³-hybridized carbons (Fsp3) is 0.500. The predicted octanol–water partition coefficient (Wildman–Crippen LogP) is 2.12. The average molecular weight is 324 g/mol. The summed E-state index contributed by atoms with van der Waals surface area (Å²) in [5.74, 6) is -1.22. The number of ether oxygens (including phenoxy) is 1. The minimum absolute atomic E-state index is 0.00888. The first-order chi connectivity index (χ1) is 10.5. The van der Waals surface area contributed by atoms with Crippen LogP contribution in [0.2, 0.25) is 5.02 Å². The highest BCUT2D eigenvalue weighted by atomic mass is 35.5. The Hall–Kier alpha value is -1.59. The Morgan fingerprint density at radius 2 is 1.86 bits per heavy atom. The quantitative estimate of drug-likeness (QED) is 0.870. The first-order valence-electron chi connectivity index (χ1n) is 7.42. The lowest BCUT2D eigenvalue weighted by molar-refractivity contribution is -0.151. The van der Waals surface area contributed by atoms with Crippen molar-refractivity contribution in [2.75, 3.05) is 6.54 Å². The topological polar surface area (TPSA) is 75.6 Å². The molecule has 0 bridgehead atoms. The molecule has 1 heterocycles. The van der Waals surface area contributed by atoms with Crippen molar-refractivity contribution in [3.63, 3.8) is 0 Å². The SMILES string of the molecule is O=C(NCC1(c2ccc(Cl)cc2)CC1)[C@@H]1CC[C@H](C(=O)O)O1. The third-order valence-corrected chi connectivity index (χ3v) is 4.75. The minimum atomic E-state index is -1.00. The van der Waals surface area contributed by atoms with Gasteiger partial charge in [-0.2, -0.15) is 0 Å². The second-order valence-electron chi connectivity index (χ2n) is 6.03. The fourth-order valence-electron chi connectivity index (χ4n) is 2.90. The van der Waals surface area contributed by atoms with Gasteiger partial charge in [0.1, 0.15) is 6.10 Å². The number of hydrogen-bond acceptors (Lipinski definition) is 3. The maximum absolute atomic E-state index is 12.1. The number of rotatable bonds is 5. The van der Waals surface area contributed by atoms with E-state index in [-0.39, 0.29) is 11.3 Å². The molecule has 2 aliphatic rings. The second-order valence-corrected chi connectivity index (χ2v) is 6.47. The maximum atomic E-state index is 12.1. The molecule has 1 aliphatic carbocycles. The van der Waals surface area contributed by atoms with Gasteiger partial charge in [-0.05, 0) is 43.4 Å². The molecule has 2 atom stereocenters. The number of carboxylic acid groups (broad SMARTS) is 1. The van der Waals surface area contributed by atoms with E-state index in [4.69, 9.17) is 21.4 Å². The number of aliphatic carboxylic acids is 1. The summed E-state index contributed by atoms with van der Waals surface area (Å²) < 4.78 is 5.26. The molecule has 1 aromatic rings. The van der Waals surface area contributed by atoms with E-state index in [0.29, 0.717) is 24.4 Å². The Bertz CT molecular complexity index is 582.